The van der Waals surface area contributed by atoms with Gasteiger partial charge in [0.2, 0.25) is 0 Å². The quantitative estimate of drug-likeness (QED) is 0.889. The van der Waals surface area contributed by atoms with E-state index in [4.69, 9.17) is 30.5 Å². The van der Waals surface area contributed by atoms with Gasteiger partial charge in [0.25, 0.3) is 0 Å². The summed E-state index contributed by atoms with van der Waals surface area (Å²) >= 11 is 6.50. The van der Waals surface area contributed by atoms with Crippen molar-refractivity contribution in [2.24, 2.45) is 0 Å². The Morgan fingerprint density at radius 2 is 1.79 bits per heavy atom. The SMILES string of the molecule is CNC1(c2ccc(-c3cccc(OC)c3OC)cc2Cl)OC=CO1. The topological polar surface area (TPSA) is 49.0 Å². The summed E-state index contributed by atoms with van der Waals surface area (Å²) < 4.78 is 21.9. The maximum atomic E-state index is 6.50. The van der Waals surface area contributed by atoms with Crippen molar-refractivity contribution in [3.63, 3.8) is 0 Å². The fourth-order valence-electron chi connectivity index (χ4n) is 2.72. The average Bonchev–Trinajstić information content (AvgIpc) is 3.10. The fourth-order valence-corrected chi connectivity index (χ4v) is 3.02. The molecule has 1 N–H and O–H groups in total. The summed E-state index contributed by atoms with van der Waals surface area (Å²) in [5.74, 6) is 0.212. The van der Waals surface area contributed by atoms with E-state index in [9.17, 15) is 0 Å². The van der Waals surface area contributed by atoms with Gasteiger partial charge in [0.1, 0.15) is 12.5 Å². The first-order chi connectivity index (χ1) is 11.6. The summed E-state index contributed by atoms with van der Waals surface area (Å²) in [7, 11) is 4.96. The summed E-state index contributed by atoms with van der Waals surface area (Å²) in [4.78, 5) is 0. The largest absolute Gasteiger partial charge is 0.493 e. The van der Waals surface area contributed by atoms with E-state index < -0.39 is 5.91 Å². The summed E-state index contributed by atoms with van der Waals surface area (Å²) in [5, 5.41) is 3.51. The molecule has 5 nitrogen and oxygen atoms in total. The third-order valence-electron chi connectivity index (χ3n) is 3.89. The number of hydrogen-bond acceptors (Lipinski definition) is 5. The molecule has 24 heavy (non-hydrogen) atoms. The first-order valence-electron chi connectivity index (χ1n) is 7.36. The first-order valence-corrected chi connectivity index (χ1v) is 7.74. The number of hydrogen-bond donors (Lipinski definition) is 1. The zero-order valence-electron chi connectivity index (χ0n) is 13.6. The van der Waals surface area contributed by atoms with Crippen LogP contribution in [0, 0.1) is 0 Å². The monoisotopic (exact) mass is 347 g/mol. The number of benzene rings is 2. The summed E-state index contributed by atoms with van der Waals surface area (Å²) in [6, 6.07) is 11.3. The van der Waals surface area contributed by atoms with E-state index in [-0.39, 0.29) is 0 Å². The van der Waals surface area contributed by atoms with Gasteiger partial charge in [-0.15, -0.1) is 0 Å². The highest BCUT2D eigenvalue weighted by molar-refractivity contribution is 6.31. The molecular weight excluding hydrogens is 330 g/mol. The first kappa shape index (κ1) is 16.5. The van der Waals surface area contributed by atoms with Crippen LogP contribution in [0.2, 0.25) is 5.02 Å². The van der Waals surface area contributed by atoms with E-state index in [1.165, 1.54) is 12.5 Å². The van der Waals surface area contributed by atoms with Gasteiger partial charge in [0.15, 0.2) is 11.5 Å². The normalized spacial score (nSPS) is 14.8. The third-order valence-corrected chi connectivity index (χ3v) is 4.20. The molecule has 0 aromatic heterocycles. The number of ether oxygens (including phenoxy) is 4. The van der Waals surface area contributed by atoms with Crippen LogP contribution in [0.25, 0.3) is 11.1 Å². The Kier molecular flexibility index (Phi) is 4.55. The Labute approximate surface area is 145 Å². The van der Waals surface area contributed by atoms with Gasteiger partial charge in [-0.3, -0.25) is 0 Å². The van der Waals surface area contributed by atoms with Gasteiger partial charge in [-0.1, -0.05) is 29.8 Å². The molecule has 0 saturated heterocycles. The van der Waals surface area contributed by atoms with Gasteiger partial charge in [-0.2, -0.15) is 0 Å². The van der Waals surface area contributed by atoms with Crippen molar-refractivity contribution in [2.45, 2.75) is 5.91 Å². The highest BCUT2D eigenvalue weighted by Gasteiger charge is 2.38. The lowest BCUT2D eigenvalue weighted by Crippen LogP contribution is -2.41. The van der Waals surface area contributed by atoms with Gasteiger partial charge in [-0.25, -0.2) is 5.32 Å². The molecule has 0 aliphatic carbocycles. The second kappa shape index (κ2) is 6.63. The zero-order valence-corrected chi connectivity index (χ0v) is 14.4. The molecule has 1 aliphatic rings. The van der Waals surface area contributed by atoms with Crippen molar-refractivity contribution in [1.82, 2.24) is 5.32 Å². The summed E-state index contributed by atoms with van der Waals surface area (Å²) in [5.41, 5.74) is 2.47. The van der Waals surface area contributed by atoms with Gasteiger partial charge in [-0.05, 0) is 30.8 Å². The molecule has 2 aromatic rings. The minimum atomic E-state index is -1.10. The molecule has 0 bridgehead atoms. The van der Waals surface area contributed by atoms with Crippen molar-refractivity contribution < 1.29 is 18.9 Å². The minimum absolute atomic E-state index is 0.510. The average molecular weight is 348 g/mol. The molecule has 0 fully saturated rings. The van der Waals surface area contributed by atoms with Crippen molar-refractivity contribution in [1.29, 1.82) is 0 Å². The molecular formula is C18H18ClNO4. The second-order valence-electron chi connectivity index (χ2n) is 5.11. The van der Waals surface area contributed by atoms with Gasteiger partial charge in [0.05, 0.1) is 24.8 Å². The maximum Gasteiger partial charge on any atom is 0.342 e. The predicted octanol–water partition coefficient (Wildman–Crippen LogP) is 3.87. The van der Waals surface area contributed by atoms with Crippen LogP contribution in [0.4, 0.5) is 0 Å². The Morgan fingerprint density at radius 3 is 2.38 bits per heavy atom. The Hall–Kier alpha value is -2.37. The van der Waals surface area contributed by atoms with Crippen molar-refractivity contribution in [3.05, 3.63) is 59.5 Å². The molecule has 2 aromatic carbocycles. The van der Waals surface area contributed by atoms with E-state index in [2.05, 4.69) is 5.32 Å². The van der Waals surface area contributed by atoms with E-state index in [1.54, 1.807) is 21.3 Å². The van der Waals surface area contributed by atoms with E-state index in [0.29, 0.717) is 22.1 Å². The van der Waals surface area contributed by atoms with Crippen LogP contribution in [0.3, 0.4) is 0 Å². The molecule has 1 heterocycles. The van der Waals surface area contributed by atoms with Crippen LogP contribution >= 0.6 is 11.6 Å². The third kappa shape index (κ3) is 2.66. The Bertz CT molecular complexity index is 768. The molecule has 0 unspecified atom stereocenters. The zero-order chi connectivity index (χ0) is 17.2. The number of nitrogens with one attached hydrogen (secondary N) is 1. The fraction of sp³-hybridized carbons (Fsp3) is 0.222. The van der Waals surface area contributed by atoms with E-state index in [0.717, 1.165) is 11.1 Å². The smallest absolute Gasteiger partial charge is 0.342 e. The molecule has 0 spiro atoms. The minimum Gasteiger partial charge on any atom is -0.493 e. The molecule has 1 aliphatic heterocycles. The highest BCUT2D eigenvalue weighted by atomic mass is 35.5. The second-order valence-corrected chi connectivity index (χ2v) is 5.52. The Morgan fingerprint density at radius 1 is 1.04 bits per heavy atom. The van der Waals surface area contributed by atoms with Crippen LogP contribution in [0.5, 0.6) is 11.5 Å². The molecule has 0 radical (unpaired) electrons. The van der Waals surface area contributed by atoms with Gasteiger partial charge < -0.3 is 18.9 Å². The molecule has 0 saturated carbocycles. The number of halogens is 1. The van der Waals surface area contributed by atoms with Gasteiger partial charge in [0, 0.05) is 5.56 Å². The number of para-hydroxylation sites is 1. The Balaban J connectivity index is 2.05. The lowest BCUT2D eigenvalue weighted by atomic mass is 10.0. The van der Waals surface area contributed by atoms with Crippen LogP contribution in [0.1, 0.15) is 5.56 Å². The number of rotatable bonds is 5. The maximum absolute atomic E-state index is 6.50. The molecule has 3 rings (SSSR count). The predicted molar refractivity (Wildman–Crippen MR) is 92.0 cm³/mol. The molecule has 0 atom stereocenters. The van der Waals surface area contributed by atoms with Gasteiger partial charge >= 0.3 is 5.91 Å². The van der Waals surface area contributed by atoms with Crippen LogP contribution in [-0.4, -0.2) is 21.3 Å². The summed E-state index contributed by atoms with van der Waals surface area (Å²) in [6.07, 6.45) is 2.96. The van der Waals surface area contributed by atoms with E-state index in [1.807, 2.05) is 36.4 Å². The number of methoxy groups -OCH3 is 2. The standard InChI is InChI=1S/C18H18ClNO4/c1-20-18(23-9-10-24-18)14-8-7-12(11-15(14)19)13-5-4-6-16(21-2)17(13)22-3/h4-11,20H,1-3H3. The van der Waals surface area contributed by atoms with Crippen molar-refractivity contribution >= 4 is 11.6 Å². The molecule has 0 amide bonds. The highest BCUT2D eigenvalue weighted by Crippen LogP contribution is 2.41. The van der Waals surface area contributed by atoms with Crippen LogP contribution in [-0.2, 0) is 15.4 Å². The lowest BCUT2D eigenvalue weighted by molar-refractivity contribution is -0.170. The van der Waals surface area contributed by atoms with Crippen molar-refractivity contribution in [3.8, 4) is 22.6 Å². The van der Waals surface area contributed by atoms with Crippen LogP contribution in [0.15, 0.2) is 48.9 Å². The van der Waals surface area contributed by atoms with Crippen LogP contribution < -0.4 is 14.8 Å². The lowest BCUT2D eigenvalue weighted by Gasteiger charge is -2.28. The van der Waals surface area contributed by atoms with Crippen molar-refractivity contribution in [2.75, 3.05) is 21.3 Å². The van der Waals surface area contributed by atoms with E-state index >= 15 is 0 Å². The molecule has 126 valence electrons. The summed E-state index contributed by atoms with van der Waals surface area (Å²) in [6.45, 7) is 0. The molecule has 6 heteroatoms.